The number of esters is 1. The Morgan fingerprint density at radius 1 is 1.33 bits per heavy atom. The normalized spacial score (nSPS) is 33.1. The summed E-state index contributed by atoms with van der Waals surface area (Å²) in [6.07, 6.45) is -0.784. The van der Waals surface area contributed by atoms with Crippen LogP contribution >= 0.6 is 0 Å². The number of Topliss-reactive ketones (excluding diaryl/α,β-unsaturated/α-hetero) is 1. The first-order valence-electron chi connectivity index (χ1n) is 6.14. The van der Waals surface area contributed by atoms with Gasteiger partial charge in [0, 0.05) is 0 Å². The first-order chi connectivity index (χ1) is 8.74. The van der Waals surface area contributed by atoms with E-state index in [0.717, 1.165) is 5.56 Å². The largest absolute Gasteiger partial charge is 0.466 e. The fraction of sp³-hybridized carbons (Fsp3) is 0.429. The maximum atomic E-state index is 12.1. The Hall–Kier alpha value is -1.68. The van der Waals surface area contributed by atoms with Crippen molar-refractivity contribution in [2.24, 2.45) is 11.8 Å². The topological polar surface area (TPSA) is 52.6 Å². The van der Waals surface area contributed by atoms with Crippen LogP contribution in [0.15, 0.2) is 30.3 Å². The molecule has 1 aromatic rings. The van der Waals surface area contributed by atoms with Gasteiger partial charge in [0.25, 0.3) is 0 Å². The smallest absolute Gasteiger partial charge is 0.312 e. The van der Waals surface area contributed by atoms with E-state index in [-0.39, 0.29) is 29.7 Å². The molecule has 4 atom stereocenters. The van der Waals surface area contributed by atoms with Crippen LogP contribution in [0.3, 0.4) is 0 Å². The molecular weight excluding hydrogens is 232 g/mol. The van der Waals surface area contributed by atoms with Crippen molar-refractivity contribution in [2.45, 2.75) is 19.1 Å². The first kappa shape index (κ1) is 11.4. The first-order valence-corrected chi connectivity index (χ1v) is 6.14. The number of ketones is 1. The molecule has 1 aromatic carbocycles. The Morgan fingerprint density at radius 2 is 2.06 bits per heavy atom. The third-order valence-electron chi connectivity index (χ3n) is 3.50. The molecule has 4 heteroatoms. The third-order valence-corrected chi connectivity index (χ3v) is 3.50. The van der Waals surface area contributed by atoms with E-state index in [1.165, 1.54) is 0 Å². The van der Waals surface area contributed by atoms with Gasteiger partial charge in [0.05, 0.1) is 24.5 Å². The molecule has 4 nitrogen and oxygen atoms in total. The summed E-state index contributed by atoms with van der Waals surface area (Å²) in [4.78, 5) is 23.7. The molecule has 1 saturated carbocycles. The van der Waals surface area contributed by atoms with Crippen LogP contribution < -0.4 is 0 Å². The second-order valence-corrected chi connectivity index (χ2v) is 4.60. The monoisotopic (exact) mass is 246 g/mol. The van der Waals surface area contributed by atoms with Gasteiger partial charge in [0.1, 0.15) is 6.10 Å². The van der Waals surface area contributed by atoms with Crippen molar-refractivity contribution in [3.05, 3.63) is 35.9 Å². The summed E-state index contributed by atoms with van der Waals surface area (Å²) in [6.45, 7) is 2.09. The van der Waals surface area contributed by atoms with Gasteiger partial charge in [0.2, 0.25) is 0 Å². The van der Waals surface area contributed by atoms with Crippen LogP contribution in [-0.2, 0) is 19.1 Å². The van der Waals surface area contributed by atoms with Gasteiger partial charge in [-0.2, -0.15) is 0 Å². The van der Waals surface area contributed by atoms with Crippen LogP contribution in [-0.4, -0.2) is 24.5 Å². The summed E-state index contributed by atoms with van der Waals surface area (Å²) in [5.74, 6) is -0.983. The molecule has 1 heterocycles. The fourth-order valence-corrected chi connectivity index (χ4v) is 2.58. The number of ether oxygens (including phenoxy) is 2. The van der Waals surface area contributed by atoms with E-state index in [0.29, 0.717) is 6.61 Å². The van der Waals surface area contributed by atoms with E-state index in [2.05, 4.69) is 0 Å². The molecule has 0 unspecified atom stereocenters. The van der Waals surface area contributed by atoms with E-state index in [4.69, 9.17) is 9.47 Å². The van der Waals surface area contributed by atoms with Gasteiger partial charge in [0.15, 0.2) is 5.78 Å². The summed E-state index contributed by atoms with van der Waals surface area (Å²) in [5, 5.41) is 0. The molecule has 3 rings (SSSR count). The average Bonchev–Trinajstić information content (AvgIpc) is 3.01. The SMILES string of the molecule is CCOC(=O)[C@H]1[C@@H]2O[C@@H](c3ccccc3)C(=O)[C@@H]21. The predicted octanol–water partition coefficient (Wildman–Crippen LogP) is 1.50. The Balaban J connectivity index is 1.70. The molecular formula is C14H14O4. The highest BCUT2D eigenvalue weighted by atomic mass is 16.6. The minimum absolute atomic E-state index is 0.00394. The second-order valence-electron chi connectivity index (χ2n) is 4.60. The number of fused-ring (bicyclic) bond motifs is 1. The molecule has 0 N–H and O–H groups in total. The lowest BCUT2D eigenvalue weighted by Gasteiger charge is -2.13. The fourth-order valence-electron chi connectivity index (χ4n) is 2.58. The molecule has 0 radical (unpaired) electrons. The third kappa shape index (κ3) is 1.64. The van der Waals surface area contributed by atoms with Crippen LogP contribution in [0.5, 0.6) is 0 Å². The zero-order chi connectivity index (χ0) is 12.7. The van der Waals surface area contributed by atoms with E-state index >= 15 is 0 Å². The highest BCUT2D eigenvalue weighted by Crippen LogP contribution is 2.54. The number of benzene rings is 1. The summed E-state index contributed by atoms with van der Waals surface area (Å²) in [5.41, 5.74) is 0.859. The van der Waals surface area contributed by atoms with Gasteiger partial charge < -0.3 is 9.47 Å². The lowest BCUT2D eigenvalue weighted by molar-refractivity contribution is -0.149. The number of rotatable bonds is 3. The Bertz CT molecular complexity index is 482. The minimum atomic E-state index is -0.508. The molecule has 1 aliphatic carbocycles. The summed E-state index contributed by atoms with van der Waals surface area (Å²) >= 11 is 0. The number of carbonyl (C=O) groups excluding carboxylic acids is 2. The molecule has 2 aliphatic rings. The van der Waals surface area contributed by atoms with Gasteiger partial charge in [-0.25, -0.2) is 0 Å². The molecule has 94 valence electrons. The quantitative estimate of drug-likeness (QED) is 0.758. The van der Waals surface area contributed by atoms with Crippen LogP contribution in [0.2, 0.25) is 0 Å². The molecule has 0 bridgehead atoms. The lowest BCUT2D eigenvalue weighted by Crippen LogP contribution is -2.20. The van der Waals surface area contributed by atoms with E-state index < -0.39 is 6.10 Å². The van der Waals surface area contributed by atoms with Gasteiger partial charge in [-0.15, -0.1) is 0 Å². The highest BCUT2D eigenvalue weighted by molar-refractivity contribution is 5.98. The molecule has 0 amide bonds. The van der Waals surface area contributed by atoms with Gasteiger partial charge >= 0.3 is 5.97 Å². The van der Waals surface area contributed by atoms with E-state index in [9.17, 15) is 9.59 Å². The maximum Gasteiger partial charge on any atom is 0.312 e. The van der Waals surface area contributed by atoms with Crippen LogP contribution in [0.4, 0.5) is 0 Å². The van der Waals surface area contributed by atoms with Crippen molar-refractivity contribution >= 4 is 11.8 Å². The second kappa shape index (κ2) is 4.21. The minimum Gasteiger partial charge on any atom is -0.466 e. The van der Waals surface area contributed by atoms with Crippen molar-refractivity contribution in [3.63, 3.8) is 0 Å². The summed E-state index contributed by atoms with van der Waals surface area (Å²) in [7, 11) is 0. The summed E-state index contributed by atoms with van der Waals surface area (Å²) in [6, 6.07) is 9.38. The average molecular weight is 246 g/mol. The molecule has 1 saturated heterocycles. The van der Waals surface area contributed by atoms with Crippen LogP contribution in [0, 0.1) is 11.8 Å². The van der Waals surface area contributed by atoms with Crippen molar-refractivity contribution in [3.8, 4) is 0 Å². The Morgan fingerprint density at radius 3 is 2.61 bits per heavy atom. The van der Waals surface area contributed by atoms with Gasteiger partial charge in [-0.05, 0) is 12.5 Å². The standard InChI is InChI=1S/C14H14O4/c1-2-17-14(16)10-9-11(15)12(18-13(9)10)8-6-4-3-5-7-8/h3-7,9-10,12-13H,2H2,1H3/t9-,10+,12-,13+/m0/s1. The van der Waals surface area contributed by atoms with E-state index in [1.807, 2.05) is 30.3 Å². The summed E-state index contributed by atoms with van der Waals surface area (Å²) < 4.78 is 10.6. The van der Waals surface area contributed by atoms with Crippen LogP contribution in [0.25, 0.3) is 0 Å². The van der Waals surface area contributed by atoms with Crippen molar-refractivity contribution in [2.75, 3.05) is 6.61 Å². The molecule has 0 spiro atoms. The predicted molar refractivity (Wildman–Crippen MR) is 62.7 cm³/mol. The zero-order valence-corrected chi connectivity index (χ0v) is 10.0. The number of hydrogen-bond acceptors (Lipinski definition) is 4. The molecule has 2 fully saturated rings. The molecule has 0 aromatic heterocycles. The van der Waals surface area contributed by atoms with Crippen molar-refractivity contribution in [1.29, 1.82) is 0 Å². The van der Waals surface area contributed by atoms with Crippen LogP contribution in [0.1, 0.15) is 18.6 Å². The van der Waals surface area contributed by atoms with Gasteiger partial charge in [-0.1, -0.05) is 30.3 Å². The van der Waals surface area contributed by atoms with Crippen molar-refractivity contribution in [1.82, 2.24) is 0 Å². The Labute approximate surface area is 105 Å². The Kier molecular flexibility index (Phi) is 2.67. The molecule has 1 aliphatic heterocycles. The van der Waals surface area contributed by atoms with E-state index in [1.54, 1.807) is 6.92 Å². The van der Waals surface area contributed by atoms with Gasteiger partial charge in [-0.3, -0.25) is 9.59 Å². The highest BCUT2D eigenvalue weighted by Gasteiger charge is 2.67. The van der Waals surface area contributed by atoms with Crippen molar-refractivity contribution < 1.29 is 19.1 Å². The lowest BCUT2D eigenvalue weighted by atomic mass is 10.0. The number of carbonyl (C=O) groups is 2. The number of hydrogen-bond donors (Lipinski definition) is 0. The zero-order valence-electron chi connectivity index (χ0n) is 10.0. The molecule has 18 heavy (non-hydrogen) atoms. The maximum absolute atomic E-state index is 12.1.